The summed E-state index contributed by atoms with van der Waals surface area (Å²) in [6, 6.07) is 1.06. The SMILES string of the molecule is OC1(CN2CCC(n3ccc(C(F)(F)F)n3)CC2)CCCCC1. The van der Waals surface area contributed by atoms with Crippen molar-refractivity contribution in [2.24, 2.45) is 0 Å². The average molecular weight is 331 g/mol. The summed E-state index contributed by atoms with van der Waals surface area (Å²) in [5, 5.41) is 14.3. The van der Waals surface area contributed by atoms with E-state index in [1.807, 2.05) is 0 Å². The van der Waals surface area contributed by atoms with Crippen LogP contribution in [0.2, 0.25) is 0 Å². The smallest absolute Gasteiger partial charge is 0.389 e. The molecule has 2 fully saturated rings. The summed E-state index contributed by atoms with van der Waals surface area (Å²) in [7, 11) is 0. The predicted octanol–water partition coefficient (Wildman–Crippen LogP) is 3.23. The Labute approximate surface area is 134 Å². The zero-order valence-electron chi connectivity index (χ0n) is 13.2. The van der Waals surface area contributed by atoms with Crippen molar-refractivity contribution in [2.75, 3.05) is 19.6 Å². The third-order valence-corrected chi connectivity index (χ3v) is 5.13. The fourth-order valence-electron chi connectivity index (χ4n) is 3.82. The lowest BCUT2D eigenvalue weighted by atomic mass is 9.84. The van der Waals surface area contributed by atoms with Gasteiger partial charge in [0.05, 0.1) is 11.6 Å². The first-order valence-electron chi connectivity index (χ1n) is 8.43. The minimum Gasteiger partial charge on any atom is -0.389 e. The predicted molar refractivity (Wildman–Crippen MR) is 80.0 cm³/mol. The van der Waals surface area contributed by atoms with Crippen LogP contribution in [0.25, 0.3) is 0 Å². The summed E-state index contributed by atoms with van der Waals surface area (Å²) < 4.78 is 39.3. The number of hydrogen-bond donors (Lipinski definition) is 1. The normalized spacial score (nSPS) is 24.0. The van der Waals surface area contributed by atoms with Crippen molar-refractivity contribution in [3.05, 3.63) is 18.0 Å². The molecule has 4 nitrogen and oxygen atoms in total. The van der Waals surface area contributed by atoms with Crippen molar-refractivity contribution in [3.8, 4) is 0 Å². The molecule has 1 aromatic heterocycles. The van der Waals surface area contributed by atoms with Crippen LogP contribution in [0, 0.1) is 0 Å². The summed E-state index contributed by atoms with van der Waals surface area (Å²) >= 11 is 0. The molecule has 23 heavy (non-hydrogen) atoms. The van der Waals surface area contributed by atoms with Gasteiger partial charge in [-0.3, -0.25) is 4.68 Å². The number of likely N-dealkylation sites (tertiary alicyclic amines) is 1. The molecule has 7 heteroatoms. The number of β-amino-alcohol motifs (C(OH)–C–C–N with tert-alkyl or cyclic N) is 1. The molecule has 0 radical (unpaired) electrons. The molecule has 2 aliphatic rings. The van der Waals surface area contributed by atoms with Gasteiger partial charge in [-0.25, -0.2) is 0 Å². The number of nitrogens with zero attached hydrogens (tertiary/aromatic N) is 3. The molecule has 0 bridgehead atoms. The molecule has 130 valence electrons. The Morgan fingerprint density at radius 1 is 1.17 bits per heavy atom. The third-order valence-electron chi connectivity index (χ3n) is 5.13. The Morgan fingerprint density at radius 3 is 2.39 bits per heavy atom. The first-order chi connectivity index (χ1) is 10.9. The van der Waals surface area contributed by atoms with Crippen LogP contribution in [0.4, 0.5) is 13.2 Å². The Kier molecular flexibility index (Phi) is 4.69. The summed E-state index contributed by atoms with van der Waals surface area (Å²) in [6.45, 7) is 2.29. The maximum Gasteiger partial charge on any atom is 0.435 e. The highest BCUT2D eigenvalue weighted by Gasteiger charge is 2.35. The van der Waals surface area contributed by atoms with Crippen molar-refractivity contribution in [3.63, 3.8) is 0 Å². The van der Waals surface area contributed by atoms with Crippen molar-refractivity contribution in [1.29, 1.82) is 0 Å². The molecule has 1 aliphatic heterocycles. The van der Waals surface area contributed by atoms with Crippen molar-refractivity contribution in [1.82, 2.24) is 14.7 Å². The highest BCUT2D eigenvalue weighted by atomic mass is 19.4. The number of hydrogen-bond acceptors (Lipinski definition) is 3. The van der Waals surface area contributed by atoms with E-state index in [9.17, 15) is 18.3 Å². The van der Waals surface area contributed by atoms with E-state index >= 15 is 0 Å². The van der Waals surface area contributed by atoms with Crippen molar-refractivity contribution < 1.29 is 18.3 Å². The summed E-state index contributed by atoms with van der Waals surface area (Å²) in [5.74, 6) is 0. The number of aromatic nitrogens is 2. The standard InChI is InChI=1S/C16H24F3N3O/c17-16(18,19)14-6-11-22(20-14)13-4-9-21(10-5-13)12-15(23)7-2-1-3-8-15/h6,11,13,23H,1-5,7-10,12H2. The maximum atomic E-state index is 12.6. The van der Waals surface area contributed by atoms with E-state index in [0.717, 1.165) is 57.7 Å². The van der Waals surface area contributed by atoms with Gasteiger partial charge in [0.2, 0.25) is 0 Å². The molecule has 1 N–H and O–H groups in total. The minimum absolute atomic E-state index is 0.0170. The molecule has 2 heterocycles. The number of aliphatic hydroxyl groups is 1. The average Bonchev–Trinajstić information content (AvgIpc) is 2.98. The van der Waals surface area contributed by atoms with Gasteiger partial charge in [-0.15, -0.1) is 0 Å². The molecule has 1 saturated heterocycles. The lowest BCUT2D eigenvalue weighted by molar-refractivity contribution is -0.141. The van der Waals surface area contributed by atoms with Crippen LogP contribution < -0.4 is 0 Å². The van der Waals surface area contributed by atoms with E-state index in [1.165, 1.54) is 17.3 Å². The molecule has 0 aromatic carbocycles. The van der Waals surface area contributed by atoms with Crippen molar-refractivity contribution >= 4 is 0 Å². The summed E-state index contributed by atoms with van der Waals surface area (Å²) in [4.78, 5) is 2.25. The Morgan fingerprint density at radius 2 is 1.83 bits per heavy atom. The van der Waals surface area contributed by atoms with Gasteiger partial charge in [0.25, 0.3) is 0 Å². The van der Waals surface area contributed by atoms with Crippen LogP contribution in [0.5, 0.6) is 0 Å². The van der Waals surface area contributed by atoms with Crippen molar-refractivity contribution in [2.45, 2.75) is 62.8 Å². The van der Waals surface area contributed by atoms with Gasteiger partial charge in [0, 0.05) is 25.8 Å². The second-order valence-corrected chi connectivity index (χ2v) is 6.97. The lowest BCUT2D eigenvalue weighted by Gasteiger charge is -2.40. The molecule has 1 aromatic rings. The maximum absolute atomic E-state index is 12.6. The van der Waals surface area contributed by atoms with E-state index < -0.39 is 17.5 Å². The van der Waals surface area contributed by atoms with E-state index in [0.29, 0.717) is 6.54 Å². The molecule has 0 unspecified atom stereocenters. The van der Waals surface area contributed by atoms with E-state index in [2.05, 4.69) is 10.00 Å². The topological polar surface area (TPSA) is 41.3 Å². The lowest BCUT2D eigenvalue weighted by Crippen LogP contribution is -2.47. The Hall–Kier alpha value is -1.08. The minimum atomic E-state index is -4.38. The van der Waals surface area contributed by atoms with Gasteiger partial charge in [0.15, 0.2) is 5.69 Å². The van der Waals surface area contributed by atoms with Gasteiger partial charge in [-0.2, -0.15) is 18.3 Å². The van der Waals surface area contributed by atoms with Crippen LogP contribution in [0.15, 0.2) is 12.3 Å². The van der Waals surface area contributed by atoms with Crippen LogP contribution in [0.1, 0.15) is 56.7 Å². The van der Waals surface area contributed by atoms with Gasteiger partial charge in [0.1, 0.15) is 0 Å². The molecule has 1 aliphatic carbocycles. The number of alkyl halides is 3. The zero-order valence-corrected chi connectivity index (χ0v) is 13.2. The molecule has 3 rings (SSSR count). The summed E-state index contributed by atoms with van der Waals surface area (Å²) in [5.41, 5.74) is -1.39. The van der Waals surface area contributed by atoms with E-state index in [4.69, 9.17) is 0 Å². The second kappa shape index (κ2) is 6.43. The van der Waals surface area contributed by atoms with Crippen LogP contribution in [0.3, 0.4) is 0 Å². The third kappa shape index (κ3) is 4.07. The van der Waals surface area contributed by atoms with Gasteiger partial charge in [-0.05, 0) is 31.7 Å². The molecular weight excluding hydrogens is 307 g/mol. The first-order valence-corrected chi connectivity index (χ1v) is 8.43. The number of piperidine rings is 1. The Balaban J connectivity index is 1.53. The van der Waals surface area contributed by atoms with E-state index in [1.54, 1.807) is 0 Å². The molecule has 0 spiro atoms. The largest absolute Gasteiger partial charge is 0.435 e. The fourth-order valence-corrected chi connectivity index (χ4v) is 3.82. The quantitative estimate of drug-likeness (QED) is 0.924. The van der Waals surface area contributed by atoms with Gasteiger partial charge in [-0.1, -0.05) is 19.3 Å². The van der Waals surface area contributed by atoms with Crippen LogP contribution >= 0.6 is 0 Å². The summed E-state index contributed by atoms with van der Waals surface area (Å²) in [6.07, 6.45) is 3.69. The second-order valence-electron chi connectivity index (χ2n) is 6.97. The molecule has 0 atom stereocenters. The van der Waals surface area contributed by atoms with Gasteiger partial charge >= 0.3 is 6.18 Å². The Bertz CT molecular complexity index is 515. The number of halogens is 3. The monoisotopic (exact) mass is 331 g/mol. The molecule has 0 amide bonds. The fraction of sp³-hybridized carbons (Fsp3) is 0.812. The van der Waals surface area contributed by atoms with Crippen LogP contribution in [-0.4, -0.2) is 45.0 Å². The number of rotatable bonds is 3. The van der Waals surface area contributed by atoms with Crippen LogP contribution in [-0.2, 0) is 6.18 Å². The van der Waals surface area contributed by atoms with E-state index in [-0.39, 0.29) is 6.04 Å². The first kappa shape index (κ1) is 16.8. The highest BCUT2D eigenvalue weighted by Crippen LogP contribution is 2.32. The highest BCUT2D eigenvalue weighted by molar-refractivity contribution is 5.04. The zero-order chi connectivity index (χ0) is 16.5. The van der Waals surface area contributed by atoms with Gasteiger partial charge < -0.3 is 10.0 Å². The molecular formula is C16H24F3N3O. The molecule has 1 saturated carbocycles.